The van der Waals surface area contributed by atoms with Crippen LogP contribution in [0.25, 0.3) is 10.9 Å². The minimum absolute atomic E-state index is 0.156. The Kier molecular flexibility index (Phi) is 5.12. The molecule has 0 fully saturated rings. The highest BCUT2D eigenvalue weighted by molar-refractivity contribution is 6.30. The average molecular weight is 395 g/mol. The third-order valence-electron chi connectivity index (χ3n) is 4.62. The van der Waals surface area contributed by atoms with Gasteiger partial charge < -0.3 is 15.0 Å². The van der Waals surface area contributed by atoms with Gasteiger partial charge in [0.05, 0.1) is 23.1 Å². The van der Waals surface area contributed by atoms with Crippen molar-refractivity contribution < 1.29 is 9.53 Å². The second-order valence-electron chi connectivity index (χ2n) is 6.38. The van der Waals surface area contributed by atoms with Gasteiger partial charge in [-0.25, -0.2) is 9.97 Å². The molecule has 1 amide bonds. The fraction of sp³-hybridized carbons (Fsp3) is 0.190. The van der Waals surface area contributed by atoms with Gasteiger partial charge in [0.2, 0.25) is 0 Å². The first kappa shape index (κ1) is 18.3. The van der Waals surface area contributed by atoms with Crippen molar-refractivity contribution in [2.45, 2.75) is 6.42 Å². The molecule has 0 saturated carbocycles. The number of fused-ring (bicyclic) bond motifs is 3. The summed E-state index contributed by atoms with van der Waals surface area (Å²) in [6, 6.07) is 11.5. The van der Waals surface area contributed by atoms with E-state index in [-0.39, 0.29) is 5.91 Å². The van der Waals surface area contributed by atoms with Crippen molar-refractivity contribution in [3.05, 3.63) is 66.0 Å². The van der Waals surface area contributed by atoms with Crippen molar-refractivity contribution in [2.24, 2.45) is 0 Å². The van der Waals surface area contributed by atoms with Gasteiger partial charge in [-0.2, -0.15) is 0 Å². The number of nitrogens with one attached hydrogen (secondary N) is 1. The molecule has 6 nitrogen and oxygen atoms in total. The summed E-state index contributed by atoms with van der Waals surface area (Å²) in [4.78, 5) is 22.6. The van der Waals surface area contributed by atoms with E-state index < -0.39 is 0 Å². The van der Waals surface area contributed by atoms with E-state index in [9.17, 15) is 4.79 Å². The summed E-state index contributed by atoms with van der Waals surface area (Å²) in [5.41, 5.74) is 2.60. The summed E-state index contributed by atoms with van der Waals surface area (Å²) >= 11 is 6.05. The van der Waals surface area contributed by atoms with Crippen molar-refractivity contribution >= 4 is 39.9 Å². The number of anilines is 2. The van der Waals surface area contributed by atoms with Gasteiger partial charge >= 0.3 is 0 Å². The molecular formula is C21H19ClN4O2. The lowest BCUT2D eigenvalue weighted by Gasteiger charge is -2.29. The zero-order chi connectivity index (χ0) is 19.5. The van der Waals surface area contributed by atoms with Crippen molar-refractivity contribution in [2.75, 3.05) is 29.9 Å². The molecule has 28 heavy (non-hydrogen) atoms. The topological polar surface area (TPSA) is 67.4 Å². The van der Waals surface area contributed by atoms with Gasteiger partial charge in [-0.15, -0.1) is 0 Å². The molecule has 142 valence electrons. The highest BCUT2D eigenvalue weighted by Crippen LogP contribution is 2.40. The lowest BCUT2D eigenvalue weighted by Crippen LogP contribution is -2.36. The van der Waals surface area contributed by atoms with Crippen LogP contribution >= 0.6 is 11.6 Å². The Balaban J connectivity index is 1.65. The smallest absolute Gasteiger partial charge is 0.250 e. The lowest BCUT2D eigenvalue weighted by atomic mass is 10.1. The number of ether oxygens (including phenoxy) is 1. The molecule has 4 rings (SSSR count). The zero-order valence-corrected chi connectivity index (χ0v) is 15.9. The molecule has 2 aromatic carbocycles. The molecule has 0 unspecified atom stereocenters. The molecule has 1 N–H and O–H groups in total. The Morgan fingerprint density at radius 1 is 1.32 bits per heavy atom. The maximum atomic E-state index is 12.2. The zero-order valence-electron chi connectivity index (χ0n) is 15.2. The van der Waals surface area contributed by atoms with Crippen molar-refractivity contribution in [1.29, 1.82) is 0 Å². The predicted octanol–water partition coefficient (Wildman–Crippen LogP) is 3.85. The predicted molar refractivity (Wildman–Crippen MR) is 111 cm³/mol. The quantitative estimate of drug-likeness (QED) is 0.666. The van der Waals surface area contributed by atoms with E-state index in [1.807, 2.05) is 36.4 Å². The van der Waals surface area contributed by atoms with Crippen LogP contribution < -0.4 is 15.0 Å². The van der Waals surface area contributed by atoms with Gasteiger partial charge in [-0.1, -0.05) is 30.3 Å². The summed E-state index contributed by atoms with van der Waals surface area (Å²) in [6.45, 7) is 5.14. The van der Waals surface area contributed by atoms with E-state index in [4.69, 9.17) is 16.3 Å². The molecule has 1 aliphatic rings. The highest BCUT2D eigenvalue weighted by atomic mass is 35.5. The highest BCUT2D eigenvalue weighted by Gasteiger charge is 2.25. The van der Waals surface area contributed by atoms with Gasteiger partial charge in [0.15, 0.2) is 5.75 Å². The second-order valence-corrected chi connectivity index (χ2v) is 6.82. The molecule has 0 bridgehead atoms. The molecule has 1 aromatic heterocycles. The maximum absolute atomic E-state index is 12.2. The van der Waals surface area contributed by atoms with Gasteiger partial charge in [0.1, 0.15) is 18.8 Å². The van der Waals surface area contributed by atoms with E-state index in [0.29, 0.717) is 37.0 Å². The number of hydrogen-bond acceptors (Lipinski definition) is 5. The summed E-state index contributed by atoms with van der Waals surface area (Å²) < 4.78 is 5.92. The minimum Gasteiger partial charge on any atom is -0.489 e. The molecular weight excluding hydrogens is 376 g/mol. The molecule has 0 aliphatic carbocycles. The van der Waals surface area contributed by atoms with Crippen LogP contribution in [0.15, 0.2) is 55.4 Å². The Hall–Kier alpha value is -3.12. The molecule has 3 aromatic rings. The van der Waals surface area contributed by atoms with E-state index in [1.54, 1.807) is 4.90 Å². The molecule has 1 aliphatic heterocycles. The SMILES string of the molecule is C=CC(=O)N1CCOc2c1ccc1ncnc(NCCc3cccc(Cl)c3)c21. The van der Waals surface area contributed by atoms with Crippen LogP contribution in [0, 0.1) is 0 Å². The van der Waals surface area contributed by atoms with Crippen LogP contribution in [0.3, 0.4) is 0 Å². The Morgan fingerprint density at radius 2 is 2.21 bits per heavy atom. The molecule has 0 spiro atoms. The number of halogens is 1. The second kappa shape index (κ2) is 7.86. The maximum Gasteiger partial charge on any atom is 0.250 e. The third-order valence-corrected chi connectivity index (χ3v) is 4.86. The first-order valence-corrected chi connectivity index (χ1v) is 9.38. The van der Waals surface area contributed by atoms with Crippen LogP contribution in [0.2, 0.25) is 5.02 Å². The van der Waals surface area contributed by atoms with E-state index in [1.165, 1.54) is 12.4 Å². The van der Waals surface area contributed by atoms with E-state index in [2.05, 4.69) is 21.9 Å². The third kappa shape index (κ3) is 3.51. The summed E-state index contributed by atoms with van der Waals surface area (Å²) in [7, 11) is 0. The summed E-state index contributed by atoms with van der Waals surface area (Å²) in [5.74, 6) is 1.14. The number of carbonyl (C=O) groups is 1. The Labute approximate surface area is 167 Å². The first-order chi connectivity index (χ1) is 13.7. The summed E-state index contributed by atoms with van der Waals surface area (Å²) in [6.07, 6.45) is 3.62. The molecule has 7 heteroatoms. The summed E-state index contributed by atoms with van der Waals surface area (Å²) in [5, 5.41) is 4.86. The number of benzene rings is 2. The number of nitrogens with zero attached hydrogens (tertiary/aromatic N) is 3. The van der Waals surface area contributed by atoms with Crippen LogP contribution in [-0.2, 0) is 11.2 Å². The van der Waals surface area contributed by atoms with E-state index >= 15 is 0 Å². The number of amides is 1. The van der Waals surface area contributed by atoms with Crippen LogP contribution in [0.1, 0.15) is 5.56 Å². The fourth-order valence-corrected chi connectivity index (χ4v) is 3.53. The number of hydrogen-bond donors (Lipinski definition) is 1. The molecule has 0 radical (unpaired) electrons. The number of rotatable bonds is 5. The lowest BCUT2D eigenvalue weighted by molar-refractivity contribution is -0.114. The van der Waals surface area contributed by atoms with Gasteiger partial charge in [0, 0.05) is 11.6 Å². The van der Waals surface area contributed by atoms with Crippen molar-refractivity contribution in [1.82, 2.24) is 9.97 Å². The van der Waals surface area contributed by atoms with Gasteiger partial charge in [-0.05, 0) is 42.3 Å². The van der Waals surface area contributed by atoms with E-state index in [0.717, 1.165) is 27.9 Å². The van der Waals surface area contributed by atoms with Crippen molar-refractivity contribution in [3.8, 4) is 5.75 Å². The fourth-order valence-electron chi connectivity index (χ4n) is 3.32. The number of carbonyl (C=O) groups excluding carboxylic acids is 1. The molecule has 0 atom stereocenters. The van der Waals surface area contributed by atoms with Crippen LogP contribution in [0.5, 0.6) is 5.75 Å². The standard InChI is InChI=1S/C21H19ClN4O2/c1-2-18(27)26-10-11-28-20-17(26)7-6-16-19(20)21(25-13-24-16)23-9-8-14-4-3-5-15(22)12-14/h2-7,12-13H,1,8-11H2,(H,23,24,25). The van der Waals surface area contributed by atoms with Crippen molar-refractivity contribution in [3.63, 3.8) is 0 Å². The normalized spacial score (nSPS) is 13.0. The monoisotopic (exact) mass is 394 g/mol. The Morgan fingerprint density at radius 3 is 3.04 bits per heavy atom. The van der Waals surface area contributed by atoms with Gasteiger partial charge in [-0.3, -0.25) is 4.79 Å². The molecule has 0 saturated heterocycles. The van der Waals surface area contributed by atoms with Gasteiger partial charge in [0.25, 0.3) is 5.91 Å². The van der Waals surface area contributed by atoms with Crippen LogP contribution in [0.4, 0.5) is 11.5 Å². The minimum atomic E-state index is -0.156. The molecule has 2 heterocycles. The largest absolute Gasteiger partial charge is 0.489 e. The first-order valence-electron chi connectivity index (χ1n) is 9.00. The van der Waals surface area contributed by atoms with Crippen LogP contribution in [-0.4, -0.2) is 35.6 Å². The average Bonchev–Trinajstić information content (AvgIpc) is 2.72. The number of aromatic nitrogens is 2. The Bertz CT molecular complexity index is 1050.